The van der Waals surface area contributed by atoms with Crippen molar-refractivity contribution in [3.05, 3.63) is 69.9 Å². The number of thiazole rings is 1. The van der Waals surface area contributed by atoms with Crippen LogP contribution in [0.1, 0.15) is 45.5 Å². The fraction of sp³-hybridized carbons (Fsp3) is 0.318. The number of aryl methyl sites for hydroxylation is 2. The predicted molar refractivity (Wildman–Crippen MR) is 109 cm³/mol. The summed E-state index contributed by atoms with van der Waals surface area (Å²) in [5.41, 5.74) is 7.08. The quantitative estimate of drug-likeness (QED) is 0.656. The number of piperidine rings is 1. The average molecular weight is 378 g/mol. The SMILES string of the molecule is Cc1cc(-c2ccccc2)cc([C@H]2CCCN(C(=O)c3scnc3C)C2)n1. The van der Waals surface area contributed by atoms with Crippen LogP contribution in [0, 0.1) is 13.8 Å². The van der Waals surface area contributed by atoms with Gasteiger partial charge >= 0.3 is 0 Å². The van der Waals surface area contributed by atoms with Crippen LogP contribution in [0.3, 0.4) is 0 Å². The topological polar surface area (TPSA) is 46.1 Å². The van der Waals surface area contributed by atoms with Crippen molar-refractivity contribution in [2.45, 2.75) is 32.6 Å². The van der Waals surface area contributed by atoms with E-state index < -0.39 is 0 Å². The van der Waals surface area contributed by atoms with Crippen molar-refractivity contribution in [2.24, 2.45) is 0 Å². The van der Waals surface area contributed by atoms with Gasteiger partial charge in [0.1, 0.15) is 4.88 Å². The number of aromatic nitrogens is 2. The Morgan fingerprint density at radius 3 is 2.70 bits per heavy atom. The first-order valence-corrected chi connectivity index (χ1v) is 10.2. The lowest BCUT2D eigenvalue weighted by Crippen LogP contribution is -2.39. The van der Waals surface area contributed by atoms with Gasteiger partial charge in [0.25, 0.3) is 5.91 Å². The van der Waals surface area contributed by atoms with Crippen molar-refractivity contribution in [3.63, 3.8) is 0 Å². The number of amides is 1. The van der Waals surface area contributed by atoms with Gasteiger partial charge in [-0.15, -0.1) is 11.3 Å². The molecule has 0 saturated carbocycles. The van der Waals surface area contributed by atoms with Gasteiger partial charge in [-0.1, -0.05) is 30.3 Å². The number of hydrogen-bond donors (Lipinski definition) is 0. The molecule has 1 aromatic carbocycles. The Labute approximate surface area is 163 Å². The number of carbonyl (C=O) groups excluding carboxylic acids is 1. The lowest BCUT2D eigenvalue weighted by molar-refractivity contribution is 0.0710. The molecule has 138 valence electrons. The summed E-state index contributed by atoms with van der Waals surface area (Å²) in [5, 5.41) is 0. The smallest absolute Gasteiger partial charge is 0.265 e. The monoisotopic (exact) mass is 377 g/mol. The van der Waals surface area contributed by atoms with Crippen molar-refractivity contribution in [1.82, 2.24) is 14.9 Å². The first-order valence-electron chi connectivity index (χ1n) is 9.35. The normalized spacial score (nSPS) is 17.1. The van der Waals surface area contributed by atoms with Gasteiger partial charge in [-0.05, 0) is 49.9 Å². The van der Waals surface area contributed by atoms with Crippen LogP contribution in [0.15, 0.2) is 48.0 Å². The van der Waals surface area contributed by atoms with E-state index >= 15 is 0 Å². The summed E-state index contributed by atoms with van der Waals surface area (Å²) < 4.78 is 0. The lowest BCUT2D eigenvalue weighted by Gasteiger charge is -2.32. The van der Waals surface area contributed by atoms with Crippen LogP contribution in [0.2, 0.25) is 0 Å². The van der Waals surface area contributed by atoms with E-state index in [4.69, 9.17) is 4.98 Å². The number of carbonyl (C=O) groups is 1. The number of hydrogen-bond acceptors (Lipinski definition) is 4. The molecule has 0 aliphatic carbocycles. The molecule has 1 amide bonds. The highest BCUT2D eigenvalue weighted by Gasteiger charge is 2.28. The maximum absolute atomic E-state index is 12.9. The summed E-state index contributed by atoms with van der Waals surface area (Å²) in [6, 6.07) is 14.7. The Bertz CT molecular complexity index is 951. The largest absolute Gasteiger partial charge is 0.337 e. The summed E-state index contributed by atoms with van der Waals surface area (Å²) in [6.45, 7) is 5.48. The molecule has 0 N–H and O–H groups in total. The van der Waals surface area contributed by atoms with Crippen molar-refractivity contribution in [2.75, 3.05) is 13.1 Å². The molecule has 0 unspecified atom stereocenters. The zero-order chi connectivity index (χ0) is 18.8. The molecular formula is C22H23N3OS. The summed E-state index contributed by atoms with van der Waals surface area (Å²) in [7, 11) is 0. The number of rotatable bonds is 3. The van der Waals surface area contributed by atoms with Crippen LogP contribution in [0.25, 0.3) is 11.1 Å². The molecule has 0 spiro atoms. The minimum Gasteiger partial charge on any atom is -0.337 e. The first-order chi connectivity index (χ1) is 13.1. The Hall–Kier alpha value is -2.53. The molecule has 1 aliphatic rings. The third-order valence-corrected chi connectivity index (χ3v) is 6.06. The highest BCUT2D eigenvalue weighted by Crippen LogP contribution is 2.30. The molecule has 0 bridgehead atoms. The molecule has 1 saturated heterocycles. The van der Waals surface area contributed by atoms with Gasteiger partial charge in [-0.3, -0.25) is 9.78 Å². The molecule has 1 atom stereocenters. The Kier molecular flexibility index (Phi) is 5.03. The molecule has 0 radical (unpaired) electrons. The summed E-state index contributed by atoms with van der Waals surface area (Å²) >= 11 is 1.43. The molecular weight excluding hydrogens is 354 g/mol. The fourth-order valence-corrected chi connectivity index (χ4v) is 4.52. The lowest BCUT2D eigenvalue weighted by atomic mass is 9.92. The third kappa shape index (κ3) is 3.78. The molecule has 4 nitrogen and oxygen atoms in total. The van der Waals surface area contributed by atoms with Crippen molar-refractivity contribution >= 4 is 17.2 Å². The van der Waals surface area contributed by atoms with Gasteiger partial charge in [-0.2, -0.15) is 0 Å². The zero-order valence-corrected chi connectivity index (χ0v) is 16.5. The van der Waals surface area contributed by atoms with Gasteiger partial charge in [-0.25, -0.2) is 4.98 Å². The number of pyridine rings is 1. The highest BCUT2D eigenvalue weighted by atomic mass is 32.1. The highest BCUT2D eigenvalue weighted by molar-refractivity contribution is 7.11. The van der Waals surface area contributed by atoms with Crippen LogP contribution in [0.4, 0.5) is 0 Å². The molecule has 3 aromatic rings. The number of likely N-dealkylation sites (tertiary alicyclic amines) is 1. The van der Waals surface area contributed by atoms with E-state index in [1.165, 1.54) is 22.5 Å². The Balaban J connectivity index is 1.59. The molecule has 1 fully saturated rings. The first kappa shape index (κ1) is 17.9. The van der Waals surface area contributed by atoms with Crippen molar-refractivity contribution in [1.29, 1.82) is 0 Å². The van der Waals surface area contributed by atoms with E-state index in [-0.39, 0.29) is 11.8 Å². The second-order valence-corrected chi connectivity index (χ2v) is 8.00. The molecule has 3 heterocycles. The summed E-state index contributed by atoms with van der Waals surface area (Å²) in [5.74, 6) is 0.383. The van der Waals surface area contributed by atoms with Crippen molar-refractivity contribution in [3.8, 4) is 11.1 Å². The van der Waals surface area contributed by atoms with E-state index in [0.29, 0.717) is 0 Å². The van der Waals surface area contributed by atoms with E-state index in [2.05, 4.69) is 41.4 Å². The van der Waals surface area contributed by atoms with E-state index in [9.17, 15) is 4.79 Å². The molecule has 1 aliphatic heterocycles. The molecule has 27 heavy (non-hydrogen) atoms. The van der Waals surface area contributed by atoms with Crippen LogP contribution in [-0.4, -0.2) is 33.9 Å². The predicted octanol–water partition coefficient (Wildman–Crippen LogP) is 4.84. The molecule has 4 rings (SSSR count). The van der Waals surface area contributed by atoms with E-state index in [0.717, 1.165) is 47.9 Å². The van der Waals surface area contributed by atoms with Gasteiger partial charge < -0.3 is 4.90 Å². The molecule has 5 heteroatoms. The van der Waals surface area contributed by atoms with Crippen LogP contribution >= 0.6 is 11.3 Å². The number of nitrogens with zero attached hydrogens (tertiary/aromatic N) is 3. The maximum atomic E-state index is 12.9. The van der Waals surface area contributed by atoms with Crippen LogP contribution in [-0.2, 0) is 0 Å². The van der Waals surface area contributed by atoms with Gasteiger partial charge in [0, 0.05) is 30.4 Å². The van der Waals surface area contributed by atoms with Gasteiger partial charge in [0.15, 0.2) is 0 Å². The van der Waals surface area contributed by atoms with Crippen LogP contribution in [0.5, 0.6) is 0 Å². The van der Waals surface area contributed by atoms with E-state index in [1.54, 1.807) is 5.51 Å². The minimum absolute atomic E-state index is 0.107. The van der Waals surface area contributed by atoms with Crippen molar-refractivity contribution < 1.29 is 4.79 Å². The zero-order valence-electron chi connectivity index (χ0n) is 15.7. The summed E-state index contributed by atoms with van der Waals surface area (Å²) in [6.07, 6.45) is 2.07. The molecule has 2 aromatic heterocycles. The minimum atomic E-state index is 0.107. The maximum Gasteiger partial charge on any atom is 0.265 e. The second kappa shape index (κ2) is 7.61. The van der Waals surface area contributed by atoms with Gasteiger partial charge in [0.2, 0.25) is 0 Å². The van der Waals surface area contributed by atoms with Crippen LogP contribution < -0.4 is 0 Å². The Morgan fingerprint density at radius 1 is 1.15 bits per heavy atom. The third-order valence-electron chi connectivity index (χ3n) is 5.15. The van der Waals surface area contributed by atoms with E-state index in [1.807, 2.05) is 24.8 Å². The second-order valence-electron chi connectivity index (χ2n) is 7.15. The standard InChI is InChI=1S/C22H23N3OS/c1-15-11-19(17-7-4-3-5-8-17)12-20(24-15)18-9-6-10-25(13-18)22(26)21-16(2)23-14-27-21/h3-5,7-8,11-12,14,18H,6,9-10,13H2,1-2H3/t18-/m0/s1. The number of benzene rings is 1. The fourth-order valence-electron chi connectivity index (χ4n) is 3.75. The summed E-state index contributed by atoms with van der Waals surface area (Å²) in [4.78, 5) is 24.7. The Morgan fingerprint density at radius 2 is 1.96 bits per heavy atom. The van der Waals surface area contributed by atoms with Gasteiger partial charge in [0.05, 0.1) is 11.2 Å². The average Bonchev–Trinajstić information content (AvgIpc) is 3.13.